The topological polar surface area (TPSA) is 42.8 Å². The van der Waals surface area contributed by atoms with Crippen molar-refractivity contribution in [3.63, 3.8) is 0 Å². The molecule has 2 aromatic heterocycles. The van der Waals surface area contributed by atoms with Crippen molar-refractivity contribution in [1.82, 2.24) is 10.2 Å². The Bertz CT molecular complexity index is 620. The van der Waals surface area contributed by atoms with Crippen LogP contribution in [0.4, 0.5) is 0 Å². The lowest BCUT2D eigenvalue weighted by atomic mass is 10.2. The van der Waals surface area contributed by atoms with E-state index in [4.69, 9.17) is 4.42 Å². The van der Waals surface area contributed by atoms with Crippen LogP contribution in [0.3, 0.4) is 0 Å². The van der Waals surface area contributed by atoms with Crippen LogP contribution in [0.15, 0.2) is 65.3 Å². The van der Waals surface area contributed by atoms with Crippen LogP contribution in [0.1, 0.15) is 5.89 Å². The Labute approximate surface area is 105 Å². The zero-order chi connectivity index (χ0) is 12.2. The molecule has 0 aliphatic rings. The lowest BCUT2D eigenvalue weighted by Crippen LogP contribution is -2.32. The molecule has 0 amide bonds. The lowest BCUT2D eigenvalue weighted by molar-refractivity contribution is -0.690. The Morgan fingerprint density at radius 2 is 1.61 bits per heavy atom. The van der Waals surface area contributed by atoms with Crippen molar-refractivity contribution in [2.45, 2.75) is 6.54 Å². The van der Waals surface area contributed by atoms with Crippen LogP contribution < -0.4 is 4.57 Å². The number of nitrogens with zero attached hydrogens (tertiary/aromatic N) is 3. The summed E-state index contributed by atoms with van der Waals surface area (Å²) < 4.78 is 7.62. The molecule has 0 saturated heterocycles. The minimum absolute atomic E-state index is 0.558. The predicted octanol–water partition coefficient (Wildman–Crippen LogP) is 2.07. The first kappa shape index (κ1) is 10.7. The van der Waals surface area contributed by atoms with Crippen LogP contribution in [-0.4, -0.2) is 10.2 Å². The number of rotatable bonds is 3. The smallest absolute Gasteiger partial charge is 0.282 e. The number of benzene rings is 1. The molecule has 88 valence electrons. The highest BCUT2D eigenvalue weighted by Crippen LogP contribution is 2.16. The van der Waals surface area contributed by atoms with Gasteiger partial charge in [-0.3, -0.25) is 0 Å². The van der Waals surface area contributed by atoms with Gasteiger partial charge in [-0.15, -0.1) is 10.2 Å². The minimum Gasteiger partial charge on any atom is -0.415 e. The van der Waals surface area contributed by atoms with E-state index in [-0.39, 0.29) is 0 Å². The summed E-state index contributed by atoms with van der Waals surface area (Å²) in [6, 6.07) is 15.7. The second-order valence-corrected chi connectivity index (χ2v) is 3.91. The van der Waals surface area contributed by atoms with Gasteiger partial charge in [-0.1, -0.05) is 24.3 Å². The maximum atomic E-state index is 5.63. The lowest BCUT2D eigenvalue weighted by Gasteiger charge is -1.92. The highest BCUT2D eigenvalue weighted by atomic mass is 16.4. The first-order valence-electron chi connectivity index (χ1n) is 5.74. The van der Waals surface area contributed by atoms with Crippen molar-refractivity contribution in [2.24, 2.45) is 0 Å². The molecule has 4 heteroatoms. The quantitative estimate of drug-likeness (QED) is 0.656. The Morgan fingerprint density at radius 3 is 2.39 bits per heavy atom. The normalized spacial score (nSPS) is 10.4. The second-order valence-electron chi connectivity index (χ2n) is 3.91. The van der Waals surface area contributed by atoms with Crippen LogP contribution >= 0.6 is 0 Å². The number of aromatic nitrogens is 3. The van der Waals surface area contributed by atoms with E-state index in [0.717, 1.165) is 5.56 Å². The zero-order valence-electron chi connectivity index (χ0n) is 9.73. The molecule has 2 heterocycles. The van der Waals surface area contributed by atoms with E-state index in [0.29, 0.717) is 18.3 Å². The third-order valence-electron chi connectivity index (χ3n) is 2.58. The van der Waals surface area contributed by atoms with E-state index in [1.54, 1.807) is 0 Å². The van der Waals surface area contributed by atoms with Gasteiger partial charge in [-0.2, -0.15) is 4.57 Å². The summed E-state index contributed by atoms with van der Waals surface area (Å²) in [6.45, 7) is 0.584. The summed E-state index contributed by atoms with van der Waals surface area (Å²) in [4.78, 5) is 0. The molecule has 0 atom stereocenters. The van der Waals surface area contributed by atoms with Gasteiger partial charge < -0.3 is 4.42 Å². The van der Waals surface area contributed by atoms with Crippen molar-refractivity contribution >= 4 is 0 Å². The van der Waals surface area contributed by atoms with Crippen molar-refractivity contribution in [1.29, 1.82) is 0 Å². The molecule has 4 nitrogen and oxygen atoms in total. The molecule has 0 saturated carbocycles. The molecule has 0 N–H and O–H groups in total. The van der Waals surface area contributed by atoms with E-state index in [9.17, 15) is 0 Å². The second kappa shape index (κ2) is 4.79. The molecule has 3 aromatic rings. The molecule has 0 aliphatic carbocycles. The minimum atomic E-state index is 0.558. The third-order valence-corrected chi connectivity index (χ3v) is 2.58. The van der Waals surface area contributed by atoms with Crippen LogP contribution in [0.2, 0.25) is 0 Å². The summed E-state index contributed by atoms with van der Waals surface area (Å²) >= 11 is 0. The fourth-order valence-electron chi connectivity index (χ4n) is 1.71. The molecule has 3 rings (SSSR count). The molecule has 0 radical (unpaired) electrons. The van der Waals surface area contributed by atoms with Crippen molar-refractivity contribution in [3.05, 3.63) is 66.8 Å². The molecular weight excluding hydrogens is 226 g/mol. The fraction of sp³-hybridized carbons (Fsp3) is 0.0714. The highest BCUT2D eigenvalue weighted by Gasteiger charge is 2.11. The van der Waals surface area contributed by atoms with E-state index >= 15 is 0 Å². The average molecular weight is 238 g/mol. The fourth-order valence-corrected chi connectivity index (χ4v) is 1.71. The molecule has 0 unspecified atom stereocenters. The summed E-state index contributed by atoms with van der Waals surface area (Å²) in [7, 11) is 0. The molecule has 1 aromatic carbocycles. The number of pyridine rings is 1. The Kier molecular flexibility index (Phi) is 2.84. The maximum Gasteiger partial charge on any atom is 0.282 e. The Balaban J connectivity index is 1.82. The van der Waals surface area contributed by atoms with Gasteiger partial charge in [0.1, 0.15) is 0 Å². The van der Waals surface area contributed by atoms with Crippen LogP contribution in [0, 0.1) is 0 Å². The van der Waals surface area contributed by atoms with Crippen LogP contribution in [-0.2, 0) is 6.54 Å². The SMILES string of the molecule is c1ccc(-c2nnc(C[n+]3ccccc3)o2)cc1. The van der Waals surface area contributed by atoms with Gasteiger partial charge in [0.2, 0.25) is 12.4 Å². The van der Waals surface area contributed by atoms with Crippen LogP contribution in [0.5, 0.6) is 0 Å². The predicted molar refractivity (Wildman–Crippen MR) is 65.5 cm³/mol. The first-order chi connectivity index (χ1) is 8.92. The standard InChI is InChI=1S/C14H12N3O/c1-3-7-12(8-4-1)14-16-15-13(18-14)11-17-9-5-2-6-10-17/h1-10H,11H2/q+1. The Hall–Kier alpha value is -2.49. The van der Waals surface area contributed by atoms with Gasteiger partial charge in [0.15, 0.2) is 12.4 Å². The molecule has 0 aliphatic heterocycles. The average Bonchev–Trinajstić information content (AvgIpc) is 2.89. The van der Waals surface area contributed by atoms with E-state index in [1.165, 1.54) is 0 Å². The Morgan fingerprint density at radius 1 is 0.889 bits per heavy atom. The first-order valence-corrected chi connectivity index (χ1v) is 5.74. The van der Waals surface area contributed by atoms with Gasteiger partial charge in [0.05, 0.1) is 0 Å². The molecule has 0 bridgehead atoms. The van der Waals surface area contributed by atoms with Crippen LogP contribution in [0.25, 0.3) is 11.5 Å². The monoisotopic (exact) mass is 238 g/mol. The highest BCUT2D eigenvalue weighted by molar-refractivity contribution is 5.51. The summed E-state index contributed by atoms with van der Waals surface area (Å²) in [6.07, 6.45) is 3.93. The molecule has 18 heavy (non-hydrogen) atoms. The molecular formula is C14H12N3O+. The van der Waals surface area contributed by atoms with Gasteiger partial charge in [0.25, 0.3) is 5.89 Å². The van der Waals surface area contributed by atoms with Gasteiger partial charge in [-0.05, 0) is 12.1 Å². The van der Waals surface area contributed by atoms with E-state index in [2.05, 4.69) is 10.2 Å². The molecule has 0 fully saturated rings. The number of hydrogen-bond donors (Lipinski definition) is 0. The van der Waals surface area contributed by atoms with Crippen molar-refractivity contribution in [3.8, 4) is 11.5 Å². The third kappa shape index (κ3) is 2.27. The van der Waals surface area contributed by atoms with E-state index < -0.39 is 0 Å². The summed E-state index contributed by atoms with van der Waals surface area (Å²) in [5.74, 6) is 1.16. The van der Waals surface area contributed by atoms with Gasteiger partial charge >= 0.3 is 0 Å². The maximum absolute atomic E-state index is 5.63. The van der Waals surface area contributed by atoms with Crippen molar-refractivity contribution < 1.29 is 8.98 Å². The molecule has 0 spiro atoms. The largest absolute Gasteiger partial charge is 0.415 e. The number of hydrogen-bond acceptors (Lipinski definition) is 3. The zero-order valence-corrected chi connectivity index (χ0v) is 9.73. The van der Waals surface area contributed by atoms with Crippen molar-refractivity contribution in [2.75, 3.05) is 0 Å². The van der Waals surface area contributed by atoms with E-state index in [1.807, 2.05) is 65.5 Å². The van der Waals surface area contributed by atoms with Gasteiger partial charge in [0, 0.05) is 17.7 Å². The summed E-state index contributed by atoms with van der Waals surface area (Å²) in [5.41, 5.74) is 0.939. The van der Waals surface area contributed by atoms with Gasteiger partial charge in [-0.25, -0.2) is 0 Å². The summed E-state index contributed by atoms with van der Waals surface area (Å²) in [5, 5.41) is 8.10.